The third-order valence-corrected chi connectivity index (χ3v) is 4.30. The second-order valence-corrected chi connectivity index (χ2v) is 6.30. The third-order valence-electron chi connectivity index (χ3n) is 4.30. The summed E-state index contributed by atoms with van der Waals surface area (Å²) in [5.41, 5.74) is 0. The van der Waals surface area contributed by atoms with Gasteiger partial charge in [-0.3, -0.25) is 9.79 Å². The molecule has 1 saturated heterocycles. The molecule has 5 nitrogen and oxygen atoms in total. The van der Waals surface area contributed by atoms with E-state index >= 15 is 0 Å². The Morgan fingerprint density at radius 3 is 2.67 bits per heavy atom. The summed E-state index contributed by atoms with van der Waals surface area (Å²) >= 11 is 0. The lowest BCUT2D eigenvalue weighted by atomic mass is 10.00. The van der Waals surface area contributed by atoms with Gasteiger partial charge in [0, 0.05) is 39.1 Å². The standard InChI is InChI=1S/C15H28N4O.HI/c1-11-5-4-8-19(10-11)14(20)6-7-17-15(16-3)18-13-9-12(13)2;/h11-13H,4-10H2,1-3H3,(H2,16,17,18);1H. The van der Waals surface area contributed by atoms with Crippen LogP contribution in [0.5, 0.6) is 0 Å². The predicted octanol–water partition coefficient (Wildman–Crippen LogP) is 1.83. The van der Waals surface area contributed by atoms with Crippen LogP contribution in [0.2, 0.25) is 0 Å². The van der Waals surface area contributed by atoms with Gasteiger partial charge >= 0.3 is 0 Å². The first kappa shape index (κ1) is 18.5. The van der Waals surface area contributed by atoms with Gasteiger partial charge in [-0.1, -0.05) is 13.8 Å². The molecule has 0 bridgehead atoms. The Morgan fingerprint density at radius 1 is 1.38 bits per heavy atom. The van der Waals surface area contributed by atoms with Crippen molar-refractivity contribution in [3.05, 3.63) is 0 Å². The zero-order chi connectivity index (χ0) is 14.5. The summed E-state index contributed by atoms with van der Waals surface area (Å²) in [4.78, 5) is 18.3. The van der Waals surface area contributed by atoms with E-state index in [1.165, 1.54) is 12.8 Å². The van der Waals surface area contributed by atoms with E-state index in [1.54, 1.807) is 7.05 Å². The van der Waals surface area contributed by atoms with Crippen LogP contribution in [-0.2, 0) is 4.79 Å². The van der Waals surface area contributed by atoms with E-state index in [-0.39, 0.29) is 29.9 Å². The smallest absolute Gasteiger partial charge is 0.224 e. The number of nitrogens with one attached hydrogen (secondary N) is 2. The first-order valence-corrected chi connectivity index (χ1v) is 7.85. The highest BCUT2D eigenvalue weighted by Gasteiger charge is 2.33. The molecule has 1 amide bonds. The normalized spacial score (nSPS) is 28.6. The summed E-state index contributed by atoms with van der Waals surface area (Å²) < 4.78 is 0. The molecular formula is C15H29IN4O. The lowest BCUT2D eigenvalue weighted by molar-refractivity contribution is -0.132. The predicted molar refractivity (Wildman–Crippen MR) is 97.1 cm³/mol. The van der Waals surface area contributed by atoms with E-state index in [0.29, 0.717) is 24.9 Å². The molecule has 0 aromatic heterocycles. The zero-order valence-electron chi connectivity index (χ0n) is 13.4. The minimum absolute atomic E-state index is 0. The summed E-state index contributed by atoms with van der Waals surface area (Å²) in [5, 5.41) is 6.60. The maximum Gasteiger partial charge on any atom is 0.224 e. The number of hydrogen-bond acceptors (Lipinski definition) is 2. The van der Waals surface area contributed by atoms with Crippen LogP contribution in [0.15, 0.2) is 4.99 Å². The number of nitrogens with zero attached hydrogens (tertiary/aromatic N) is 2. The summed E-state index contributed by atoms with van der Waals surface area (Å²) in [7, 11) is 1.77. The van der Waals surface area contributed by atoms with Crippen molar-refractivity contribution >= 4 is 35.8 Å². The van der Waals surface area contributed by atoms with Gasteiger partial charge in [-0.15, -0.1) is 24.0 Å². The molecule has 0 aromatic carbocycles. The number of halogens is 1. The van der Waals surface area contributed by atoms with Gasteiger partial charge in [0.15, 0.2) is 5.96 Å². The van der Waals surface area contributed by atoms with Crippen LogP contribution in [0.3, 0.4) is 0 Å². The Labute approximate surface area is 145 Å². The highest BCUT2D eigenvalue weighted by Crippen LogP contribution is 2.28. The highest BCUT2D eigenvalue weighted by atomic mass is 127. The van der Waals surface area contributed by atoms with Gasteiger partial charge in [0.05, 0.1) is 0 Å². The van der Waals surface area contributed by atoms with Crippen molar-refractivity contribution < 1.29 is 4.79 Å². The Bertz CT molecular complexity index is 375. The number of rotatable bonds is 4. The molecule has 0 radical (unpaired) electrons. The molecule has 1 aliphatic heterocycles. The fourth-order valence-electron chi connectivity index (χ4n) is 2.76. The minimum Gasteiger partial charge on any atom is -0.356 e. The molecule has 1 saturated carbocycles. The summed E-state index contributed by atoms with van der Waals surface area (Å²) in [6.45, 7) is 6.96. The maximum absolute atomic E-state index is 12.1. The molecular weight excluding hydrogens is 379 g/mol. The largest absolute Gasteiger partial charge is 0.356 e. The van der Waals surface area contributed by atoms with Crippen molar-refractivity contribution in [1.29, 1.82) is 0 Å². The van der Waals surface area contributed by atoms with Crippen molar-refractivity contribution in [2.45, 2.75) is 45.6 Å². The first-order valence-electron chi connectivity index (χ1n) is 7.85. The van der Waals surface area contributed by atoms with E-state index in [2.05, 4.69) is 29.5 Å². The van der Waals surface area contributed by atoms with E-state index in [9.17, 15) is 4.79 Å². The zero-order valence-corrected chi connectivity index (χ0v) is 15.7. The van der Waals surface area contributed by atoms with Crippen molar-refractivity contribution in [2.75, 3.05) is 26.7 Å². The number of guanidine groups is 1. The molecule has 0 spiro atoms. The fraction of sp³-hybridized carbons (Fsp3) is 0.867. The minimum atomic E-state index is 0. The maximum atomic E-state index is 12.1. The number of carbonyl (C=O) groups excluding carboxylic acids is 1. The molecule has 0 aromatic rings. The van der Waals surface area contributed by atoms with Crippen molar-refractivity contribution in [1.82, 2.24) is 15.5 Å². The summed E-state index contributed by atoms with van der Waals surface area (Å²) in [6, 6.07) is 0.555. The van der Waals surface area contributed by atoms with Crippen LogP contribution in [0.25, 0.3) is 0 Å². The molecule has 2 aliphatic rings. The van der Waals surface area contributed by atoms with Crippen LogP contribution in [0.4, 0.5) is 0 Å². The van der Waals surface area contributed by atoms with Crippen LogP contribution < -0.4 is 10.6 Å². The third kappa shape index (κ3) is 6.00. The summed E-state index contributed by atoms with van der Waals surface area (Å²) in [5.74, 6) is 2.47. The molecule has 2 fully saturated rings. The number of carbonyl (C=O) groups is 1. The van der Waals surface area contributed by atoms with Gasteiger partial charge in [0.1, 0.15) is 0 Å². The van der Waals surface area contributed by atoms with Crippen molar-refractivity contribution in [3.8, 4) is 0 Å². The number of likely N-dealkylation sites (tertiary alicyclic amines) is 1. The monoisotopic (exact) mass is 408 g/mol. The Morgan fingerprint density at radius 2 is 2.10 bits per heavy atom. The van der Waals surface area contributed by atoms with E-state index < -0.39 is 0 Å². The number of hydrogen-bond donors (Lipinski definition) is 2. The van der Waals surface area contributed by atoms with Gasteiger partial charge < -0.3 is 15.5 Å². The van der Waals surface area contributed by atoms with Gasteiger partial charge in [-0.25, -0.2) is 0 Å². The molecule has 3 unspecified atom stereocenters. The Hall–Kier alpha value is -0.530. The Balaban J connectivity index is 0.00000220. The second kappa shape index (κ2) is 8.80. The molecule has 21 heavy (non-hydrogen) atoms. The molecule has 2 rings (SSSR count). The fourth-order valence-corrected chi connectivity index (χ4v) is 2.76. The lowest BCUT2D eigenvalue weighted by Gasteiger charge is -2.31. The average Bonchev–Trinajstić information content (AvgIpc) is 3.12. The Kier molecular flexibility index (Phi) is 7.76. The van der Waals surface area contributed by atoms with Crippen molar-refractivity contribution in [3.63, 3.8) is 0 Å². The van der Waals surface area contributed by atoms with E-state index in [0.717, 1.165) is 31.4 Å². The number of piperidine rings is 1. The van der Waals surface area contributed by atoms with Gasteiger partial charge in [0.2, 0.25) is 5.91 Å². The van der Waals surface area contributed by atoms with E-state index in [1.807, 2.05) is 4.90 Å². The highest BCUT2D eigenvalue weighted by molar-refractivity contribution is 14.0. The second-order valence-electron chi connectivity index (χ2n) is 6.30. The lowest BCUT2D eigenvalue weighted by Crippen LogP contribution is -2.43. The average molecular weight is 408 g/mol. The number of amides is 1. The topological polar surface area (TPSA) is 56.7 Å². The molecule has 1 aliphatic carbocycles. The van der Waals surface area contributed by atoms with Crippen LogP contribution in [0.1, 0.15) is 39.5 Å². The van der Waals surface area contributed by atoms with Crippen LogP contribution in [-0.4, -0.2) is 49.5 Å². The molecule has 2 N–H and O–H groups in total. The van der Waals surface area contributed by atoms with Gasteiger partial charge in [0.25, 0.3) is 0 Å². The molecule has 122 valence electrons. The van der Waals surface area contributed by atoms with Crippen LogP contribution >= 0.6 is 24.0 Å². The molecule has 3 atom stereocenters. The van der Waals surface area contributed by atoms with Crippen LogP contribution in [0, 0.1) is 11.8 Å². The first-order chi connectivity index (χ1) is 9.60. The van der Waals surface area contributed by atoms with E-state index in [4.69, 9.17) is 0 Å². The number of aliphatic imine (C=N–C) groups is 1. The SMILES string of the molecule is CN=C(NCCC(=O)N1CCCC(C)C1)NC1CC1C.I. The molecule has 6 heteroatoms. The quantitative estimate of drug-likeness (QED) is 0.424. The van der Waals surface area contributed by atoms with Gasteiger partial charge in [-0.05, 0) is 31.1 Å². The molecule has 1 heterocycles. The van der Waals surface area contributed by atoms with Crippen molar-refractivity contribution in [2.24, 2.45) is 16.8 Å². The van der Waals surface area contributed by atoms with Gasteiger partial charge in [-0.2, -0.15) is 0 Å². The summed E-state index contributed by atoms with van der Waals surface area (Å²) in [6.07, 6.45) is 4.15.